The van der Waals surface area contributed by atoms with Crippen LogP contribution in [-0.4, -0.2) is 36.6 Å². The maximum atomic E-state index is 5.91. The maximum Gasteiger partial charge on any atom is 0.128 e. The average Bonchev–Trinajstić information content (AvgIpc) is 2.21. The molecule has 0 saturated heterocycles. The average molecular weight is 250 g/mol. The number of nitrogens with two attached hydrogens (primary N) is 1. The van der Waals surface area contributed by atoms with E-state index in [1.165, 1.54) is 0 Å². The van der Waals surface area contributed by atoms with E-state index in [1.807, 2.05) is 19.2 Å². The second kappa shape index (κ2) is 6.59. The number of anilines is 2. The minimum Gasteiger partial charge on any atom is -0.398 e. The predicted octanol–water partition coefficient (Wildman–Crippen LogP) is 2.36. The van der Waals surface area contributed by atoms with Gasteiger partial charge in [0.25, 0.3) is 0 Å². The van der Waals surface area contributed by atoms with Gasteiger partial charge in [0.1, 0.15) is 5.82 Å². The van der Waals surface area contributed by atoms with Crippen LogP contribution < -0.4 is 11.1 Å². The Bertz CT molecular complexity index is 364. The Morgan fingerprint density at radius 2 is 2.06 bits per heavy atom. The number of pyridine rings is 1. The van der Waals surface area contributed by atoms with Crippen LogP contribution in [0.15, 0.2) is 12.3 Å². The smallest absolute Gasteiger partial charge is 0.128 e. The van der Waals surface area contributed by atoms with Crippen LogP contribution in [0, 0.1) is 12.8 Å². The summed E-state index contributed by atoms with van der Waals surface area (Å²) in [6, 6.07) is 2.31. The first kappa shape index (κ1) is 14.8. The van der Waals surface area contributed by atoms with E-state index in [2.05, 4.69) is 43.1 Å². The molecule has 1 aromatic heterocycles. The lowest BCUT2D eigenvalue weighted by molar-refractivity contribution is 0.356. The zero-order chi connectivity index (χ0) is 13.7. The lowest BCUT2D eigenvalue weighted by Crippen LogP contribution is -2.33. The summed E-state index contributed by atoms with van der Waals surface area (Å²) in [4.78, 5) is 6.58. The van der Waals surface area contributed by atoms with Gasteiger partial charge in [0.05, 0.1) is 0 Å². The fraction of sp³-hybridized carbons (Fsp3) is 0.643. The highest BCUT2D eigenvalue weighted by atomic mass is 15.1. The number of aromatic nitrogens is 1. The molecule has 0 radical (unpaired) electrons. The van der Waals surface area contributed by atoms with Crippen LogP contribution in [0.25, 0.3) is 0 Å². The minimum absolute atomic E-state index is 0.398. The van der Waals surface area contributed by atoms with Gasteiger partial charge in [0, 0.05) is 30.5 Å². The Balaban J connectivity index is 2.71. The number of hydrogen-bond acceptors (Lipinski definition) is 4. The van der Waals surface area contributed by atoms with Gasteiger partial charge in [-0.2, -0.15) is 0 Å². The Morgan fingerprint density at radius 1 is 1.39 bits per heavy atom. The van der Waals surface area contributed by atoms with Crippen LogP contribution in [0.3, 0.4) is 0 Å². The highest BCUT2D eigenvalue weighted by molar-refractivity contribution is 5.53. The van der Waals surface area contributed by atoms with Crippen molar-refractivity contribution in [2.24, 2.45) is 5.92 Å². The number of rotatable bonds is 6. The van der Waals surface area contributed by atoms with Crippen molar-refractivity contribution >= 4 is 11.5 Å². The van der Waals surface area contributed by atoms with Crippen LogP contribution in [0.4, 0.5) is 11.5 Å². The number of likely N-dealkylation sites (N-methyl/N-ethyl adjacent to an activating group) is 1. The topological polar surface area (TPSA) is 54.2 Å². The van der Waals surface area contributed by atoms with Gasteiger partial charge in [-0.1, -0.05) is 13.8 Å². The molecule has 4 nitrogen and oxygen atoms in total. The van der Waals surface area contributed by atoms with E-state index in [9.17, 15) is 0 Å². The van der Waals surface area contributed by atoms with Crippen molar-refractivity contribution in [3.05, 3.63) is 17.8 Å². The number of aryl methyl sites for hydroxylation is 1. The van der Waals surface area contributed by atoms with Crippen LogP contribution in [0.5, 0.6) is 0 Å². The Kier molecular flexibility index (Phi) is 5.41. The summed E-state index contributed by atoms with van der Waals surface area (Å²) in [6.45, 7) is 7.44. The maximum absolute atomic E-state index is 5.91. The summed E-state index contributed by atoms with van der Waals surface area (Å²) in [7, 11) is 4.18. The quantitative estimate of drug-likeness (QED) is 0.814. The number of nitrogens with one attached hydrogen (secondary N) is 1. The molecule has 0 fully saturated rings. The number of nitrogen functional groups attached to an aromatic ring is 1. The number of hydrogen-bond donors (Lipinski definition) is 2. The van der Waals surface area contributed by atoms with Crippen LogP contribution in [0.2, 0.25) is 0 Å². The summed E-state index contributed by atoms with van der Waals surface area (Å²) < 4.78 is 0. The largest absolute Gasteiger partial charge is 0.398 e. The first-order chi connectivity index (χ1) is 8.38. The molecule has 4 heteroatoms. The molecule has 0 saturated carbocycles. The minimum atomic E-state index is 0.398. The van der Waals surface area contributed by atoms with Gasteiger partial charge in [0.15, 0.2) is 0 Å². The third kappa shape index (κ3) is 4.92. The van der Waals surface area contributed by atoms with E-state index in [-0.39, 0.29) is 0 Å². The molecular weight excluding hydrogens is 224 g/mol. The van der Waals surface area contributed by atoms with E-state index in [1.54, 1.807) is 0 Å². The predicted molar refractivity (Wildman–Crippen MR) is 78.8 cm³/mol. The molecule has 1 unspecified atom stereocenters. The third-order valence-corrected chi connectivity index (χ3v) is 2.84. The standard InChI is InChI=1S/C14H26N4/c1-10(2)6-12(9-18(4)5)17-14-7-13(15)11(3)8-16-14/h7-8,10,12H,6,9H2,1-5H3,(H3,15,16,17). The second-order valence-electron chi connectivity index (χ2n) is 5.66. The highest BCUT2D eigenvalue weighted by Crippen LogP contribution is 2.16. The van der Waals surface area contributed by atoms with Crippen molar-refractivity contribution in [3.63, 3.8) is 0 Å². The monoisotopic (exact) mass is 250 g/mol. The molecule has 0 amide bonds. The molecule has 0 aliphatic rings. The molecule has 0 aliphatic heterocycles. The molecule has 1 rings (SSSR count). The molecule has 0 bridgehead atoms. The lowest BCUT2D eigenvalue weighted by Gasteiger charge is -2.24. The Labute approximate surface area is 111 Å². The molecule has 0 aliphatic carbocycles. The van der Waals surface area contributed by atoms with Crippen LogP contribution >= 0.6 is 0 Å². The lowest BCUT2D eigenvalue weighted by atomic mass is 10.0. The zero-order valence-electron chi connectivity index (χ0n) is 12.2. The summed E-state index contributed by atoms with van der Waals surface area (Å²) in [5.74, 6) is 1.52. The van der Waals surface area contributed by atoms with Crippen molar-refractivity contribution in [2.45, 2.75) is 33.2 Å². The number of nitrogens with zero attached hydrogens (tertiary/aromatic N) is 2. The van der Waals surface area contributed by atoms with Crippen LogP contribution in [0.1, 0.15) is 25.8 Å². The van der Waals surface area contributed by atoms with Gasteiger partial charge < -0.3 is 16.0 Å². The normalized spacial score (nSPS) is 13.1. The van der Waals surface area contributed by atoms with Gasteiger partial charge in [-0.05, 0) is 38.9 Å². The zero-order valence-corrected chi connectivity index (χ0v) is 12.2. The Hall–Kier alpha value is -1.29. The molecular formula is C14H26N4. The third-order valence-electron chi connectivity index (χ3n) is 2.84. The van der Waals surface area contributed by atoms with Gasteiger partial charge in [-0.3, -0.25) is 0 Å². The molecule has 18 heavy (non-hydrogen) atoms. The first-order valence-electron chi connectivity index (χ1n) is 6.52. The molecule has 1 heterocycles. The molecule has 3 N–H and O–H groups in total. The fourth-order valence-corrected chi connectivity index (χ4v) is 2.02. The van der Waals surface area contributed by atoms with E-state index < -0.39 is 0 Å². The van der Waals surface area contributed by atoms with Crippen molar-refractivity contribution in [2.75, 3.05) is 31.7 Å². The van der Waals surface area contributed by atoms with E-state index >= 15 is 0 Å². The SMILES string of the molecule is Cc1cnc(NC(CC(C)C)CN(C)C)cc1N. The van der Waals surface area contributed by atoms with Gasteiger partial charge in [0.2, 0.25) is 0 Å². The molecule has 1 aromatic rings. The summed E-state index contributed by atoms with van der Waals surface area (Å²) in [5, 5.41) is 3.48. The van der Waals surface area contributed by atoms with Crippen molar-refractivity contribution in [3.8, 4) is 0 Å². The van der Waals surface area contributed by atoms with Gasteiger partial charge >= 0.3 is 0 Å². The highest BCUT2D eigenvalue weighted by Gasteiger charge is 2.12. The Morgan fingerprint density at radius 3 is 2.56 bits per heavy atom. The van der Waals surface area contributed by atoms with Crippen molar-refractivity contribution in [1.82, 2.24) is 9.88 Å². The molecule has 0 spiro atoms. The van der Waals surface area contributed by atoms with Gasteiger partial charge in [-0.15, -0.1) is 0 Å². The summed E-state index contributed by atoms with van der Waals surface area (Å²) in [6.07, 6.45) is 2.94. The summed E-state index contributed by atoms with van der Waals surface area (Å²) in [5.41, 5.74) is 7.72. The van der Waals surface area contributed by atoms with Gasteiger partial charge in [-0.25, -0.2) is 4.98 Å². The molecule has 1 atom stereocenters. The van der Waals surface area contributed by atoms with E-state index in [4.69, 9.17) is 5.73 Å². The van der Waals surface area contributed by atoms with Crippen LogP contribution in [-0.2, 0) is 0 Å². The summed E-state index contributed by atoms with van der Waals surface area (Å²) >= 11 is 0. The van der Waals surface area contributed by atoms with E-state index in [0.29, 0.717) is 12.0 Å². The second-order valence-corrected chi connectivity index (χ2v) is 5.66. The molecule has 0 aromatic carbocycles. The molecule has 102 valence electrons. The van der Waals surface area contributed by atoms with Crippen molar-refractivity contribution in [1.29, 1.82) is 0 Å². The first-order valence-corrected chi connectivity index (χ1v) is 6.52. The van der Waals surface area contributed by atoms with Crippen molar-refractivity contribution < 1.29 is 0 Å². The fourth-order valence-electron chi connectivity index (χ4n) is 2.02. The van der Waals surface area contributed by atoms with E-state index in [0.717, 1.165) is 30.0 Å².